The number of nitriles is 2. The number of hydrogen-bond acceptors (Lipinski definition) is 7. The average molecular weight is 556 g/mol. The van der Waals surface area contributed by atoms with Gasteiger partial charge in [0, 0.05) is 30.5 Å². The van der Waals surface area contributed by atoms with Gasteiger partial charge in [-0.25, -0.2) is 9.59 Å². The summed E-state index contributed by atoms with van der Waals surface area (Å²) in [6, 6.07) is 12.5. The minimum atomic E-state index is -0.956. The molecule has 5 rings (SSSR count). The third-order valence-electron chi connectivity index (χ3n) is 7.25. The van der Waals surface area contributed by atoms with E-state index in [1.807, 2.05) is 26.0 Å². The standard InChI is InChI=1S/C29H29N7O5/c1-17(2)36-24-8-7-22(12-23(24)27(38)35(29(36)40)15-18-3-4-18)33-28(39)34-9-10-41-25(16-34)26(37)32-21-6-5-19(13-30)20(11-21)14-31/h5-8,11-12,17-18,25H,3-4,9-10,15-16H2,1-2H3,(H,32,37)(H,33,39). The molecule has 1 saturated carbocycles. The molecule has 0 radical (unpaired) electrons. The molecule has 3 amide bonds. The van der Waals surface area contributed by atoms with Crippen LogP contribution in [0, 0.1) is 28.6 Å². The molecule has 2 N–H and O–H groups in total. The van der Waals surface area contributed by atoms with Crippen molar-refractivity contribution in [2.24, 2.45) is 5.92 Å². The van der Waals surface area contributed by atoms with Gasteiger partial charge in [0.1, 0.15) is 12.1 Å². The van der Waals surface area contributed by atoms with Gasteiger partial charge in [-0.15, -0.1) is 0 Å². The van der Waals surface area contributed by atoms with Gasteiger partial charge < -0.3 is 20.3 Å². The van der Waals surface area contributed by atoms with Gasteiger partial charge in [0.15, 0.2) is 6.10 Å². The summed E-state index contributed by atoms with van der Waals surface area (Å²) in [6.07, 6.45) is 1.03. The molecule has 12 nitrogen and oxygen atoms in total. The number of urea groups is 1. The van der Waals surface area contributed by atoms with Crippen molar-refractivity contribution in [2.75, 3.05) is 30.3 Å². The predicted molar refractivity (Wildman–Crippen MR) is 150 cm³/mol. The second-order valence-corrected chi connectivity index (χ2v) is 10.5. The molecule has 1 unspecified atom stereocenters. The molecule has 1 atom stereocenters. The Morgan fingerprint density at radius 1 is 1.02 bits per heavy atom. The Morgan fingerprint density at radius 3 is 2.41 bits per heavy atom. The molecule has 1 saturated heterocycles. The molecule has 12 heteroatoms. The molecular weight excluding hydrogens is 526 g/mol. The first-order valence-electron chi connectivity index (χ1n) is 13.4. The lowest BCUT2D eigenvalue weighted by Gasteiger charge is -2.32. The number of aromatic nitrogens is 2. The van der Waals surface area contributed by atoms with E-state index < -0.39 is 18.0 Å². The summed E-state index contributed by atoms with van der Waals surface area (Å²) in [7, 11) is 0. The summed E-state index contributed by atoms with van der Waals surface area (Å²) in [6.45, 7) is 4.52. The number of carbonyl (C=O) groups is 2. The monoisotopic (exact) mass is 555 g/mol. The lowest BCUT2D eigenvalue weighted by atomic mass is 10.1. The number of carbonyl (C=O) groups excluding carboxylic acids is 2. The van der Waals surface area contributed by atoms with Gasteiger partial charge >= 0.3 is 11.7 Å². The number of nitrogens with zero attached hydrogens (tertiary/aromatic N) is 5. The Morgan fingerprint density at radius 2 is 1.73 bits per heavy atom. The highest BCUT2D eigenvalue weighted by Crippen LogP contribution is 2.30. The maximum Gasteiger partial charge on any atom is 0.331 e. The topological polar surface area (TPSA) is 162 Å². The molecule has 2 aliphatic rings. The summed E-state index contributed by atoms with van der Waals surface area (Å²) >= 11 is 0. The molecule has 3 aromatic rings. The largest absolute Gasteiger partial charge is 0.365 e. The summed E-state index contributed by atoms with van der Waals surface area (Å²) in [5, 5.41) is 24.1. The van der Waals surface area contributed by atoms with E-state index in [9.17, 15) is 24.4 Å². The van der Waals surface area contributed by atoms with Gasteiger partial charge in [-0.05, 0) is 69.0 Å². The number of hydrogen-bond donors (Lipinski definition) is 2. The van der Waals surface area contributed by atoms with Crippen LogP contribution in [-0.2, 0) is 16.1 Å². The number of ether oxygens (including phenoxy) is 1. The second-order valence-electron chi connectivity index (χ2n) is 10.5. The molecule has 1 aliphatic heterocycles. The van der Waals surface area contributed by atoms with Gasteiger partial charge in [-0.1, -0.05) is 0 Å². The maximum atomic E-state index is 13.3. The van der Waals surface area contributed by atoms with Gasteiger partial charge in [0.25, 0.3) is 11.5 Å². The van der Waals surface area contributed by atoms with Crippen molar-refractivity contribution >= 4 is 34.2 Å². The summed E-state index contributed by atoms with van der Waals surface area (Å²) < 4.78 is 8.48. The van der Waals surface area contributed by atoms with Crippen LogP contribution in [0.15, 0.2) is 46.0 Å². The molecular formula is C29H29N7O5. The van der Waals surface area contributed by atoms with Crippen molar-refractivity contribution in [3.63, 3.8) is 0 Å². The van der Waals surface area contributed by atoms with E-state index in [0.717, 1.165) is 12.8 Å². The highest BCUT2D eigenvalue weighted by Gasteiger charge is 2.30. The normalized spacial score (nSPS) is 16.7. The summed E-state index contributed by atoms with van der Waals surface area (Å²) in [4.78, 5) is 53.9. The molecule has 0 bridgehead atoms. The number of anilines is 2. The fourth-order valence-electron chi connectivity index (χ4n) is 4.91. The first-order chi connectivity index (χ1) is 19.7. The van der Waals surface area contributed by atoms with Gasteiger partial charge in [-0.3, -0.25) is 18.7 Å². The van der Waals surface area contributed by atoms with Gasteiger partial charge in [0.05, 0.1) is 35.2 Å². The molecule has 0 spiro atoms. The van der Waals surface area contributed by atoms with E-state index in [1.54, 1.807) is 22.8 Å². The fraction of sp³-hybridized carbons (Fsp3) is 0.379. The number of morpholine rings is 1. The molecule has 2 fully saturated rings. The first-order valence-corrected chi connectivity index (χ1v) is 13.4. The van der Waals surface area contributed by atoms with Gasteiger partial charge in [-0.2, -0.15) is 10.5 Å². The fourth-order valence-corrected chi connectivity index (χ4v) is 4.91. The van der Waals surface area contributed by atoms with Crippen molar-refractivity contribution in [1.29, 1.82) is 10.5 Å². The molecule has 1 aliphatic carbocycles. The quantitative estimate of drug-likeness (QED) is 0.472. The van der Waals surface area contributed by atoms with Crippen molar-refractivity contribution in [2.45, 2.75) is 45.4 Å². The van der Waals surface area contributed by atoms with Crippen LogP contribution in [0.5, 0.6) is 0 Å². The maximum absolute atomic E-state index is 13.3. The van der Waals surface area contributed by atoms with Crippen LogP contribution in [0.2, 0.25) is 0 Å². The Bertz CT molecular complexity index is 1740. The van der Waals surface area contributed by atoms with Crippen LogP contribution in [0.25, 0.3) is 10.9 Å². The number of amides is 3. The first kappa shape index (κ1) is 27.6. The lowest BCUT2D eigenvalue weighted by molar-refractivity contribution is -0.131. The number of benzene rings is 2. The molecule has 210 valence electrons. The van der Waals surface area contributed by atoms with Crippen LogP contribution in [0.3, 0.4) is 0 Å². The van der Waals surface area contributed by atoms with E-state index in [4.69, 9.17) is 10.00 Å². The van der Waals surface area contributed by atoms with Crippen molar-refractivity contribution in [3.05, 3.63) is 68.4 Å². The minimum Gasteiger partial charge on any atom is -0.365 e. The Balaban J connectivity index is 1.32. The van der Waals surface area contributed by atoms with E-state index in [0.29, 0.717) is 34.7 Å². The Labute approximate surface area is 235 Å². The zero-order valence-corrected chi connectivity index (χ0v) is 22.7. The van der Waals surface area contributed by atoms with Gasteiger partial charge in [0.2, 0.25) is 0 Å². The highest BCUT2D eigenvalue weighted by molar-refractivity contribution is 5.96. The van der Waals surface area contributed by atoms with Crippen LogP contribution < -0.4 is 21.9 Å². The molecule has 2 aromatic carbocycles. The number of nitrogens with one attached hydrogen (secondary N) is 2. The second kappa shape index (κ2) is 11.3. The molecule has 1 aromatic heterocycles. The smallest absolute Gasteiger partial charge is 0.331 e. The highest BCUT2D eigenvalue weighted by atomic mass is 16.5. The Kier molecular flexibility index (Phi) is 7.60. The van der Waals surface area contributed by atoms with Crippen LogP contribution >= 0.6 is 0 Å². The number of fused-ring (bicyclic) bond motifs is 1. The zero-order chi connectivity index (χ0) is 29.3. The van der Waals surface area contributed by atoms with Crippen LogP contribution in [-0.4, -0.2) is 51.8 Å². The number of rotatable bonds is 6. The third-order valence-corrected chi connectivity index (χ3v) is 7.25. The average Bonchev–Trinajstić information content (AvgIpc) is 3.79. The molecule has 2 heterocycles. The zero-order valence-electron chi connectivity index (χ0n) is 22.7. The predicted octanol–water partition coefficient (Wildman–Crippen LogP) is 2.77. The summed E-state index contributed by atoms with van der Waals surface area (Å²) in [5.74, 6) is -0.164. The third kappa shape index (κ3) is 5.69. The van der Waals surface area contributed by atoms with E-state index in [1.165, 1.54) is 27.7 Å². The minimum absolute atomic E-state index is 0.0201. The van der Waals surface area contributed by atoms with E-state index >= 15 is 0 Å². The van der Waals surface area contributed by atoms with E-state index in [-0.39, 0.29) is 48.1 Å². The summed E-state index contributed by atoms with van der Waals surface area (Å²) in [5.41, 5.74) is 0.852. The van der Waals surface area contributed by atoms with Crippen molar-refractivity contribution in [3.8, 4) is 12.1 Å². The van der Waals surface area contributed by atoms with Crippen LogP contribution in [0.4, 0.5) is 16.2 Å². The van der Waals surface area contributed by atoms with Crippen molar-refractivity contribution < 1.29 is 14.3 Å². The van der Waals surface area contributed by atoms with Crippen molar-refractivity contribution in [1.82, 2.24) is 14.0 Å². The van der Waals surface area contributed by atoms with E-state index in [2.05, 4.69) is 10.6 Å². The SMILES string of the molecule is CC(C)n1c(=O)n(CC2CC2)c(=O)c2cc(NC(=O)N3CCOC(C(=O)Nc4ccc(C#N)c(C#N)c4)C3)ccc21. The lowest BCUT2D eigenvalue weighted by Crippen LogP contribution is -2.51. The Hall–Kier alpha value is -4.94. The van der Waals surface area contributed by atoms with Crippen LogP contribution in [0.1, 0.15) is 43.9 Å². The molecule has 41 heavy (non-hydrogen) atoms.